The van der Waals surface area contributed by atoms with Crippen LogP contribution in [0.5, 0.6) is 11.6 Å². The molecule has 0 spiro atoms. The lowest BCUT2D eigenvalue weighted by Crippen LogP contribution is -2.36. The number of methoxy groups -OCH3 is 1. The van der Waals surface area contributed by atoms with E-state index in [0.29, 0.717) is 24.9 Å². The van der Waals surface area contributed by atoms with E-state index in [1.165, 1.54) is 0 Å². The third-order valence-corrected chi connectivity index (χ3v) is 5.57. The summed E-state index contributed by atoms with van der Waals surface area (Å²) >= 11 is 0. The van der Waals surface area contributed by atoms with Crippen LogP contribution in [0.4, 0.5) is 11.8 Å². The summed E-state index contributed by atoms with van der Waals surface area (Å²) < 4.78 is 11.4. The molecule has 26 heavy (non-hydrogen) atoms. The predicted molar refractivity (Wildman–Crippen MR) is 99.8 cm³/mol. The standard InChI is InChI=1S/C19H25N5O2/c1-10-6-21-13(11(2)15(10)25-5)8-24-7-12-14-16(24)22-18(20)23-17(14)26-9-19(12,3)4/h6,12H,7-9H2,1-5H3,(H2,20,22,23). The SMILES string of the molecule is COc1c(C)cnc(CN2CC3c4c(nc(N)nc42)OCC3(C)C)c1C. The number of ether oxygens (including phenoxy) is 2. The summed E-state index contributed by atoms with van der Waals surface area (Å²) in [5.41, 5.74) is 10.1. The highest BCUT2D eigenvalue weighted by Crippen LogP contribution is 2.52. The summed E-state index contributed by atoms with van der Waals surface area (Å²) in [6.45, 7) is 10.6. The van der Waals surface area contributed by atoms with Crippen molar-refractivity contribution in [3.05, 3.63) is 28.6 Å². The molecule has 0 saturated carbocycles. The zero-order chi connectivity index (χ0) is 18.6. The van der Waals surface area contributed by atoms with Gasteiger partial charge < -0.3 is 20.1 Å². The Labute approximate surface area is 153 Å². The number of nitrogen functional groups attached to an aromatic ring is 1. The summed E-state index contributed by atoms with van der Waals surface area (Å²) in [6.07, 6.45) is 1.86. The Morgan fingerprint density at radius 1 is 1.35 bits per heavy atom. The molecule has 7 heteroatoms. The summed E-state index contributed by atoms with van der Waals surface area (Å²) in [5.74, 6) is 2.95. The minimum absolute atomic E-state index is 0.0173. The fourth-order valence-electron chi connectivity index (χ4n) is 4.05. The predicted octanol–water partition coefficient (Wildman–Crippen LogP) is 2.60. The second-order valence-electron chi connectivity index (χ2n) is 7.88. The fourth-order valence-corrected chi connectivity index (χ4v) is 4.05. The lowest BCUT2D eigenvalue weighted by Gasteiger charge is -2.36. The largest absolute Gasteiger partial charge is 0.496 e. The van der Waals surface area contributed by atoms with Gasteiger partial charge >= 0.3 is 0 Å². The van der Waals surface area contributed by atoms with Crippen molar-refractivity contribution in [2.45, 2.75) is 40.2 Å². The number of aryl methyl sites for hydroxylation is 1. The highest BCUT2D eigenvalue weighted by atomic mass is 16.5. The molecule has 4 heterocycles. The molecule has 0 aliphatic carbocycles. The summed E-state index contributed by atoms with van der Waals surface area (Å²) in [5, 5.41) is 0. The molecule has 1 atom stereocenters. The third-order valence-electron chi connectivity index (χ3n) is 5.57. The van der Waals surface area contributed by atoms with E-state index in [1.807, 2.05) is 20.0 Å². The van der Waals surface area contributed by atoms with E-state index in [9.17, 15) is 0 Å². The number of hydrogen-bond acceptors (Lipinski definition) is 7. The minimum atomic E-state index is 0.0173. The molecular weight excluding hydrogens is 330 g/mol. The average molecular weight is 355 g/mol. The summed E-state index contributed by atoms with van der Waals surface area (Å²) in [6, 6.07) is 0. The van der Waals surface area contributed by atoms with E-state index in [-0.39, 0.29) is 11.4 Å². The first kappa shape index (κ1) is 16.9. The van der Waals surface area contributed by atoms with Crippen LogP contribution in [-0.2, 0) is 6.54 Å². The molecular formula is C19H25N5O2. The first-order valence-electron chi connectivity index (χ1n) is 8.86. The number of pyridine rings is 1. The molecule has 2 aliphatic heterocycles. The molecule has 2 aromatic heterocycles. The maximum absolute atomic E-state index is 5.93. The van der Waals surface area contributed by atoms with E-state index in [0.717, 1.165) is 40.5 Å². The van der Waals surface area contributed by atoms with Crippen molar-refractivity contribution in [1.29, 1.82) is 0 Å². The molecule has 0 radical (unpaired) electrons. The van der Waals surface area contributed by atoms with Crippen molar-refractivity contribution in [2.75, 3.05) is 30.9 Å². The van der Waals surface area contributed by atoms with Gasteiger partial charge in [-0.2, -0.15) is 9.97 Å². The second-order valence-corrected chi connectivity index (χ2v) is 7.88. The van der Waals surface area contributed by atoms with Crippen LogP contribution in [0.1, 0.15) is 42.1 Å². The molecule has 0 bridgehead atoms. The van der Waals surface area contributed by atoms with Crippen LogP contribution >= 0.6 is 0 Å². The van der Waals surface area contributed by atoms with Crippen LogP contribution in [0.15, 0.2) is 6.20 Å². The van der Waals surface area contributed by atoms with Gasteiger partial charge in [0.25, 0.3) is 0 Å². The molecule has 7 nitrogen and oxygen atoms in total. The quantitative estimate of drug-likeness (QED) is 0.905. The zero-order valence-corrected chi connectivity index (χ0v) is 16.0. The highest BCUT2D eigenvalue weighted by molar-refractivity contribution is 5.62. The Balaban J connectivity index is 1.75. The van der Waals surface area contributed by atoms with E-state index in [2.05, 4.69) is 33.7 Å². The number of rotatable bonds is 3. The number of hydrogen-bond donors (Lipinski definition) is 1. The van der Waals surface area contributed by atoms with Crippen molar-refractivity contribution in [3.63, 3.8) is 0 Å². The summed E-state index contributed by atoms with van der Waals surface area (Å²) in [4.78, 5) is 15.7. The van der Waals surface area contributed by atoms with Gasteiger partial charge in [-0.05, 0) is 13.8 Å². The van der Waals surface area contributed by atoms with Gasteiger partial charge in [0.1, 0.15) is 11.6 Å². The topological polar surface area (TPSA) is 86.4 Å². The molecule has 1 unspecified atom stereocenters. The molecule has 0 fully saturated rings. The molecule has 0 saturated heterocycles. The molecule has 138 valence electrons. The fraction of sp³-hybridized carbons (Fsp3) is 0.526. The van der Waals surface area contributed by atoms with Gasteiger partial charge in [0, 0.05) is 35.2 Å². The van der Waals surface area contributed by atoms with Crippen molar-refractivity contribution in [1.82, 2.24) is 15.0 Å². The van der Waals surface area contributed by atoms with Crippen LogP contribution in [0.25, 0.3) is 0 Å². The van der Waals surface area contributed by atoms with Crippen LogP contribution in [0.3, 0.4) is 0 Å². The molecule has 0 aromatic carbocycles. The van der Waals surface area contributed by atoms with Crippen LogP contribution < -0.4 is 20.1 Å². The second kappa shape index (κ2) is 5.72. The van der Waals surface area contributed by atoms with Gasteiger partial charge in [-0.15, -0.1) is 0 Å². The van der Waals surface area contributed by atoms with Crippen LogP contribution in [-0.4, -0.2) is 35.2 Å². The third kappa shape index (κ3) is 2.45. The highest BCUT2D eigenvalue weighted by Gasteiger charge is 2.46. The molecule has 4 rings (SSSR count). The minimum Gasteiger partial charge on any atom is -0.496 e. The van der Waals surface area contributed by atoms with Gasteiger partial charge in [-0.3, -0.25) is 4.98 Å². The molecule has 2 aromatic rings. The van der Waals surface area contributed by atoms with Crippen molar-refractivity contribution in [3.8, 4) is 11.6 Å². The lowest BCUT2D eigenvalue weighted by molar-refractivity contribution is 0.122. The maximum atomic E-state index is 5.93. The van der Waals surface area contributed by atoms with Gasteiger partial charge in [-0.1, -0.05) is 13.8 Å². The van der Waals surface area contributed by atoms with E-state index in [4.69, 9.17) is 15.2 Å². The normalized spacial score (nSPS) is 19.9. The summed E-state index contributed by atoms with van der Waals surface area (Å²) in [7, 11) is 1.70. The van der Waals surface area contributed by atoms with Crippen LogP contribution in [0.2, 0.25) is 0 Å². The van der Waals surface area contributed by atoms with Gasteiger partial charge in [0.15, 0.2) is 0 Å². The Morgan fingerprint density at radius 2 is 2.12 bits per heavy atom. The molecule has 2 aliphatic rings. The van der Waals surface area contributed by atoms with Gasteiger partial charge in [0.05, 0.1) is 31.5 Å². The Bertz CT molecular complexity index is 881. The van der Waals surface area contributed by atoms with Gasteiger partial charge in [-0.25, -0.2) is 0 Å². The van der Waals surface area contributed by atoms with Crippen molar-refractivity contribution < 1.29 is 9.47 Å². The van der Waals surface area contributed by atoms with E-state index in [1.54, 1.807) is 7.11 Å². The maximum Gasteiger partial charge on any atom is 0.225 e. The van der Waals surface area contributed by atoms with Crippen LogP contribution in [0, 0.1) is 19.3 Å². The number of anilines is 2. The number of nitrogens with zero attached hydrogens (tertiary/aromatic N) is 4. The Hall–Kier alpha value is -2.57. The van der Waals surface area contributed by atoms with Crippen molar-refractivity contribution in [2.24, 2.45) is 5.41 Å². The van der Waals surface area contributed by atoms with E-state index < -0.39 is 0 Å². The van der Waals surface area contributed by atoms with E-state index >= 15 is 0 Å². The molecule has 2 N–H and O–H groups in total. The van der Waals surface area contributed by atoms with Gasteiger partial charge in [0.2, 0.25) is 11.8 Å². The first-order valence-corrected chi connectivity index (χ1v) is 8.86. The zero-order valence-electron chi connectivity index (χ0n) is 16.0. The Morgan fingerprint density at radius 3 is 2.85 bits per heavy atom. The lowest BCUT2D eigenvalue weighted by atomic mass is 9.76. The first-order chi connectivity index (χ1) is 12.3. The Kier molecular flexibility index (Phi) is 3.71. The number of aromatic nitrogens is 3. The smallest absolute Gasteiger partial charge is 0.225 e. The number of nitrogens with two attached hydrogens (primary N) is 1. The monoisotopic (exact) mass is 355 g/mol. The van der Waals surface area contributed by atoms with Crippen molar-refractivity contribution >= 4 is 11.8 Å². The average Bonchev–Trinajstić information content (AvgIpc) is 2.95. The molecule has 0 amide bonds.